The number of hydrogen-bond donors (Lipinski definition) is 1. The number of aromatic nitrogens is 1. The van der Waals surface area contributed by atoms with Crippen LogP contribution in [0.25, 0.3) is 22.2 Å². The smallest absolute Gasteiger partial charge is 0.256 e. The molecule has 4 rings (SSSR count). The summed E-state index contributed by atoms with van der Waals surface area (Å²) >= 11 is 9.78. The number of aryl methyl sites for hydroxylation is 2. The Kier molecular flexibility index (Phi) is 5.63. The maximum absolute atomic E-state index is 13.4. The molecule has 0 saturated carbocycles. The minimum Gasteiger partial charge on any atom is -0.322 e. The number of anilines is 1. The quantitative estimate of drug-likeness (QED) is 0.330. The second kappa shape index (κ2) is 8.21. The highest BCUT2D eigenvalue weighted by molar-refractivity contribution is 9.10. The van der Waals surface area contributed by atoms with Gasteiger partial charge in [0.15, 0.2) is 0 Å². The van der Waals surface area contributed by atoms with E-state index in [9.17, 15) is 4.79 Å². The van der Waals surface area contributed by atoms with E-state index in [2.05, 4.69) is 21.2 Å². The molecule has 4 aromatic rings. The first-order valence-electron chi connectivity index (χ1n) is 9.58. The van der Waals surface area contributed by atoms with Gasteiger partial charge in [0.25, 0.3) is 5.91 Å². The van der Waals surface area contributed by atoms with Crippen LogP contribution >= 0.6 is 27.5 Å². The summed E-state index contributed by atoms with van der Waals surface area (Å²) in [5.41, 5.74) is 6.82. The predicted molar refractivity (Wildman–Crippen MR) is 128 cm³/mol. The maximum Gasteiger partial charge on any atom is 0.256 e. The molecule has 30 heavy (non-hydrogen) atoms. The molecule has 0 unspecified atom stereocenters. The number of benzene rings is 3. The van der Waals surface area contributed by atoms with Gasteiger partial charge >= 0.3 is 0 Å². The van der Waals surface area contributed by atoms with Crippen molar-refractivity contribution in [3.8, 4) is 11.3 Å². The van der Waals surface area contributed by atoms with E-state index >= 15 is 0 Å². The molecule has 5 heteroatoms. The van der Waals surface area contributed by atoms with Crippen molar-refractivity contribution in [2.45, 2.75) is 20.8 Å². The second-order valence-electron chi connectivity index (χ2n) is 7.41. The Morgan fingerprint density at radius 2 is 1.73 bits per heavy atom. The lowest BCUT2D eigenvalue weighted by Gasteiger charge is -2.14. The molecular weight excluding hydrogens is 460 g/mol. The summed E-state index contributed by atoms with van der Waals surface area (Å²) in [4.78, 5) is 18.2. The standard InChI is InChI=1S/C25H20BrClN2O/c1-14-7-9-17(10-8-14)23-13-20(19-12-18(26)11-15(2)24(19)28-23)25(30)29-22-6-4-5-21(27)16(22)3/h4-13H,1-3H3,(H,29,30). The van der Waals surface area contributed by atoms with Gasteiger partial charge in [0.05, 0.1) is 16.8 Å². The van der Waals surface area contributed by atoms with Crippen molar-refractivity contribution in [2.75, 3.05) is 5.32 Å². The minimum atomic E-state index is -0.196. The van der Waals surface area contributed by atoms with E-state index in [-0.39, 0.29) is 5.91 Å². The molecule has 0 bridgehead atoms. The fourth-order valence-electron chi connectivity index (χ4n) is 3.45. The van der Waals surface area contributed by atoms with Gasteiger partial charge in [-0.1, -0.05) is 63.4 Å². The third-order valence-corrected chi connectivity index (χ3v) is 6.04. The molecule has 0 aliphatic carbocycles. The van der Waals surface area contributed by atoms with E-state index in [0.717, 1.165) is 37.8 Å². The number of amides is 1. The molecule has 3 nitrogen and oxygen atoms in total. The average molecular weight is 480 g/mol. The zero-order chi connectivity index (χ0) is 21.4. The molecule has 0 fully saturated rings. The van der Waals surface area contributed by atoms with Crippen LogP contribution in [-0.2, 0) is 0 Å². The van der Waals surface area contributed by atoms with Gasteiger partial charge < -0.3 is 5.32 Å². The Hall–Kier alpha value is -2.69. The van der Waals surface area contributed by atoms with Crippen LogP contribution < -0.4 is 5.32 Å². The first kappa shape index (κ1) is 20.6. The number of rotatable bonds is 3. The molecule has 1 N–H and O–H groups in total. The van der Waals surface area contributed by atoms with Gasteiger partial charge in [0.1, 0.15) is 0 Å². The number of nitrogens with zero attached hydrogens (tertiary/aromatic N) is 1. The van der Waals surface area contributed by atoms with Crippen LogP contribution in [0, 0.1) is 20.8 Å². The minimum absolute atomic E-state index is 0.196. The van der Waals surface area contributed by atoms with Crippen molar-refractivity contribution in [1.82, 2.24) is 4.98 Å². The largest absolute Gasteiger partial charge is 0.322 e. The number of nitrogens with one attached hydrogen (secondary N) is 1. The monoisotopic (exact) mass is 478 g/mol. The molecule has 0 aliphatic heterocycles. The van der Waals surface area contributed by atoms with E-state index in [1.807, 2.05) is 81.4 Å². The van der Waals surface area contributed by atoms with Gasteiger partial charge in [0, 0.05) is 26.1 Å². The number of halogens is 2. The molecular formula is C25H20BrClN2O. The molecule has 1 aromatic heterocycles. The van der Waals surface area contributed by atoms with Crippen LogP contribution in [0.4, 0.5) is 5.69 Å². The van der Waals surface area contributed by atoms with E-state index in [4.69, 9.17) is 16.6 Å². The Morgan fingerprint density at radius 1 is 1.00 bits per heavy atom. The number of hydrogen-bond acceptors (Lipinski definition) is 2. The number of fused-ring (bicyclic) bond motifs is 1. The zero-order valence-corrected chi connectivity index (χ0v) is 19.2. The second-order valence-corrected chi connectivity index (χ2v) is 8.73. The van der Waals surface area contributed by atoms with Crippen molar-refractivity contribution in [1.29, 1.82) is 0 Å². The first-order valence-corrected chi connectivity index (χ1v) is 10.7. The van der Waals surface area contributed by atoms with Crippen molar-refractivity contribution >= 4 is 50.0 Å². The summed E-state index contributed by atoms with van der Waals surface area (Å²) in [6.07, 6.45) is 0. The fourth-order valence-corrected chi connectivity index (χ4v) is 4.20. The fraction of sp³-hybridized carbons (Fsp3) is 0.120. The van der Waals surface area contributed by atoms with Crippen LogP contribution in [0.2, 0.25) is 5.02 Å². The molecule has 150 valence electrons. The highest BCUT2D eigenvalue weighted by Gasteiger charge is 2.17. The predicted octanol–water partition coefficient (Wildman–Crippen LogP) is 7.50. The molecule has 0 spiro atoms. The third-order valence-electron chi connectivity index (χ3n) is 5.18. The Bertz CT molecular complexity index is 1280. The summed E-state index contributed by atoms with van der Waals surface area (Å²) in [6.45, 7) is 5.94. The maximum atomic E-state index is 13.4. The zero-order valence-electron chi connectivity index (χ0n) is 16.9. The van der Waals surface area contributed by atoms with Gasteiger partial charge in [-0.3, -0.25) is 4.79 Å². The van der Waals surface area contributed by atoms with E-state index < -0.39 is 0 Å². The number of pyridine rings is 1. The lowest BCUT2D eigenvalue weighted by Crippen LogP contribution is -2.14. The van der Waals surface area contributed by atoms with Crippen LogP contribution in [-0.4, -0.2) is 10.9 Å². The third kappa shape index (κ3) is 3.98. The number of carbonyl (C=O) groups is 1. The first-order chi connectivity index (χ1) is 14.3. The molecule has 1 amide bonds. The highest BCUT2D eigenvalue weighted by atomic mass is 79.9. The SMILES string of the molecule is Cc1ccc(-c2cc(C(=O)Nc3cccc(Cl)c3C)c3cc(Br)cc(C)c3n2)cc1. The lowest BCUT2D eigenvalue weighted by atomic mass is 10.0. The van der Waals surface area contributed by atoms with Crippen molar-refractivity contribution in [3.05, 3.63) is 92.4 Å². The van der Waals surface area contributed by atoms with Gasteiger partial charge in [-0.2, -0.15) is 0 Å². The summed E-state index contributed by atoms with van der Waals surface area (Å²) in [6, 6.07) is 19.4. The van der Waals surface area contributed by atoms with Gasteiger partial charge in [0.2, 0.25) is 0 Å². The number of carbonyl (C=O) groups excluding carboxylic acids is 1. The molecule has 3 aromatic carbocycles. The average Bonchev–Trinajstić information content (AvgIpc) is 2.71. The lowest BCUT2D eigenvalue weighted by molar-refractivity contribution is 0.102. The van der Waals surface area contributed by atoms with E-state index in [1.54, 1.807) is 0 Å². The van der Waals surface area contributed by atoms with E-state index in [1.165, 1.54) is 5.56 Å². The van der Waals surface area contributed by atoms with Crippen LogP contribution in [0.15, 0.2) is 65.1 Å². The van der Waals surface area contributed by atoms with E-state index in [0.29, 0.717) is 16.3 Å². The Labute approximate surface area is 189 Å². The Morgan fingerprint density at radius 3 is 2.47 bits per heavy atom. The highest BCUT2D eigenvalue weighted by Crippen LogP contribution is 2.31. The summed E-state index contributed by atoms with van der Waals surface area (Å²) in [7, 11) is 0. The molecule has 0 aliphatic rings. The summed E-state index contributed by atoms with van der Waals surface area (Å²) in [5.74, 6) is -0.196. The normalized spacial score (nSPS) is 11.0. The van der Waals surface area contributed by atoms with Crippen LogP contribution in [0.5, 0.6) is 0 Å². The molecule has 1 heterocycles. The molecule has 0 saturated heterocycles. The van der Waals surface area contributed by atoms with Crippen molar-refractivity contribution in [3.63, 3.8) is 0 Å². The Balaban J connectivity index is 1.89. The van der Waals surface area contributed by atoms with Crippen LogP contribution in [0.3, 0.4) is 0 Å². The molecule has 0 atom stereocenters. The summed E-state index contributed by atoms with van der Waals surface area (Å²) in [5, 5.41) is 4.44. The summed E-state index contributed by atoms with van der Waals surface area (Å²) < 4.78 is 0.908. The van der Waals surface area contributed by atoms with Gasteiger partial charge in [-0.05, 0) is 62.2 Å². The molecule has 0 radical (unpaired) electrons. The van der Waals surface area contributed by atoms with Gasteiger partial charge in [-0.15, -0.1) is 0 Å². The van der Waals surface area contributed by atoms with Crippen molar-refractivity contribution in [2.24, 2.45) is 0 Å². The topological polar surface area (TPSA) is 42.0 Å². The van der Waals surface area contributed by atoms with Gasteiger partial charge in [-0.25, -0.2) is 4.98 Å². The van der Waals surface area contributed by atoms with Crippen molar-refractivity contribution < 1.29 is 4.79 Å². The van der Waals surface area contributed by atoms with Crippen LogP contribution in [0.1, 0.15) is 27.0 Å².